The summed E-state index contributed by atoms with van der Waals surface area (Å²) in [6.45, 7) is 3.04. The van der Waals surface area contributed by atoms with E-state index in [2.05, 4.69) is 65.0 Å². The molecule has 0 fully saturated rings. The minimum absolute atomic E-state index is 0.877. The predicted octanol–water partition coefficient (Wildman–Crippen LogP) is 3.83. The van der Waals surface area contributed by atoms with Gasteiger partial charge in [0.25, 0.3) is 0 Å². The molecule has 2 heteroatoms. The Hall–Kier alpha value is -2.35. The van der Waals surface area contributed by atoms with Crippen LogP contribution in [0.1, 0.15) is 22.4 Å². The highest BCUT2D eigenvalue weighted by Gasteiger charge is 2.05. The first kappa shape index (κ1) is 12.7. The molecule has 1 heterocycles. The molecule has 0 saturated heterocycles. The highest BCUT2D eigenvalue weighted by molar-refractivity contribution is 5.29. The van der Waals surface area contributed by atoms with E-state index in [4.69, 9.17) is 0 Å². The van der Waals surface area contributed by atoms with Gasteiger partial charge in [-0.05, 0) is 23.6 Å². The smallest absolute Gasteiger partial charge is 0.0951 e. The Morgan fingerprint density at radius 2 is 1.70 bits per heavy atom. The van der Waals surface area contributed by atoms with Gasteiger partial charge in [-0.2, -0.15) is 0 Å². The van der Waals surface area contributed by atoms with Crippen LogP contribution in [0.4, 0.5) is 0 Å². The van der Waals surface area contributed by atoms with Gasteiger partial charge in [0.15, 0.2) is 0 Å². The molecule has 3 rings (SSSR count). The number of hydrogen-bond donors (Lipinski definition) is 0. The quantitative estimate of drug-likeness (QED) is 0.698. The van der Waals surface area contributed by atoms with Crippen molar-refractivity contribution in [2.75, 3.05) is 0 Å². The second-order valence-electron chi connectivity index (χ2n) is 5.10. The fraction of sp³-hybridized carbons (Fsp3) is 0.167. The SMILES string of the molecule is Cc1ccccc1Cc1cncn1Cc1ccccc1. The summed E-state index contributed by atoms with van der Waals surface area (Å²) in [6.07, 6.45) is 4.81. The lowest BCUT2D eigenvalue weighted by molar-refractivity contribution is 0.753. The average molecular weight is 262 g/mol. The number of aryl methyl sites for hydroxylation is 1. The van der Waals surface area contributed by atoms with Crippen LogP contribution >= 0.6 is 0 Å². The number of nitrogens with zero attached hydrogens (tertiary/aromatic N) is 2. The molecular weight excluding hydrogens is 244 g/mol. The van der Waals surface area contributed by atoms with Gasteiger partial charge in [0.1, 0.15) is 0 Å². The summed E-state index contributed by atoms with van der Waals surface area (Å²) in [5, 5.41) is 0. The maximum atomic E-state index is 4.31. The van der Waals surface area contributed by atoms with Crippen molar-refractivity contribution >= 4 is 0 Å². The van der Waals surface area contributed by atoms with E-state index in [1.807, 2.05) is 18.6 Å². The largest absolute Gasteiger partial charge is 0.330 e. The maximum Gasteiger partial charge on any atom is 0.0951 e. The van der Waals surface area contributed by atoms with Gasteiger partial charge in [-0.15, -0.1) is 0 Å². The monoisotopic (exact) mass is 262 g/mol. The van der Waals surface area contributed by atoms with Crippen molar-refractivity contribution in [3.05, 3.63) is 89.5 Å². The van der Waals surface area contributed by atoms with E-state index in [1.54, 1.807) is 0 Å². The average Bonchev–Trinajstić information content (AvgIpc) is 2.90. The van der Waals surface area contributed by atoms with Crippen LogP contribution in [-0.4, -0.2) is 9.55 Å². The lowest BCUT2D eigenvalue weighted by Gasteiger charge is -2.10. The van der Waals surface area contributed by atoms with Crippen LogP contribution in [0.15, 0.2) is 67.1 Å². The molecule has 0 spiro atoms. The molecule has 20 heavy (non-hydrogen) atoms. The lowest BCUT2D eigenvalue weighted by Crippen LogP contribution is -2.04. The van der Waals surface area contributed by atoms with Gasteiger partial charge in [0.2, 0.25) is 0 Å². The predicted molar refractivity (Wildman–Crippen MR) is 81.8 cm³/mol. The fourth-order valence-electron chi connectivity index (χ4n) is 2.42. The van der Waals surface area contributed by atoms with E-state index in [9.17, 15) is 0 Å². The van der Waals surface area contributed by atoms with Crippen molar-refractivity contribution in [1.82, 2.24) is 9.55 Å². The molecule has 0 N–H and O–H groups in total. The van der Waals surface area contributed by atoms with Gasteiger partial charge in [0.05, 0.1) is 6.33 Å². The molecule has 1 aromatic heterocycles. The standard InChI is InChI=1S/C18H18N2/c1-15-7-5-6-10-17(15)11-18-12-19-14-20(18)13-16-8-3-2-4-9-16/h2-10,12,14H,11,13H2,1H3. The molecule has 2 aromatic carbocycles. The Bertz CT molecular complexity index is 683. The van der Waals surface area contributed by atoms with Crippen molar-refractivity contribution < 1.29 is 0 Å². The zero-order valence-electron chi connectivity index (χ0n) is 11.7. The first-order valence-corrected chi connectivity index (χ1v) is 6.90. The topological polar surface area (TPSA) is 17.8 Å². The molecular formula is C18H18N2. The first-order chi connectivity index (χ1) is 9.83. The van der Waals surface area contributed by atoms with Crippen LogP contribution in [0.5, 0.6) is 0 Å². The van der Waals surface area contributed by atoms with Crippen LogP contribution in [0.25, 0.3) is 0 Å². The van der Waals surface area contributed by atoms with Crippen LogP contribution < -0.4 is 0 Å². The molecule has 0 unspecified atom stereocenters. The second-order valence-corrected chi connectivity index (χ2v) is 5.10. The molecule has 0 radical (unpaired) electrons. The van der Waals surface area contributed by atoms with E-state index in [0.29, 0.717) is 0 Å². The van der Waals surface area contributed by atoms with E-state index < -0.39 is 0 Å². The second kappa shape index (κ2) is 5.74. The molecule has 0 amide bonds. The highest BCUT2D eigenvalue weighted by Crippen LogP contribution is 2.14. The molecule has 0 saturated carbocycles. The summed E-state index contributed by atoms with van der Waals surface area (Å²) >= 11 is 0. The zero-order valence-corrected chi connectivity index (χ0v) is 11.7. The minimum atomic E-state index is 0.877. The molecule has 0 aliphatic heterocycles. The summed E-state index contributed by atoms with van der Waals surface area (Å²) in [4.78, 5) is 4.31. The number of benzene rings is 2. The summed E-state index contributed by atoms with van der Waals surface area (Å²) in [6, 6.07) is 19.0. The van der Waals surface area contributed by atoms with Crippen molar-refractivity contribution in [2.24, 2.45) is 0 Å². The molecule has 0 atom stereocenters. The van der Waals surface area contributed by atoms with Gasteiger partial charge in [-0.1, -0.05) is 54.6 Å². The maximum absolute atomic E-state index is 4.31. The Morgan fingerprint density at radius 1 is 0.950 bits per heavy atom. The van der Waals surface area contributed by atoms with Crippen molar-refractivity contribution in [2.45, 2.75) is 19.9 Å². The van der Waals surface area contributed by atoms with Crippen LogP contribution in [0.2, 0.25) is 0 Å². The van der Waals surface area contributed by atoms with Crippen LogP contribution in [0, 0.1) is 6.92 Å². The zero-order chi connectivity index (χ0) is 13.8. The third-order valence-electron chi connectivity index (χ3n) is 3.63. The summed E-state index contributed by atoms with van der Waals surface area (Å²) in [5.74, 6) is 0. The Kier molecular flexibility index (Phi) is 3.64. The molecule has 0 aliphatic carbocycles. The highest BCUT2D eigenvalue weighted by atomic mass is 15.0. The number of imidazole rings is 1. The molecule has 100 valence electrons. The fourth-order valence-corrected chi connectivity index (χ4v) is 2.42. The third kappa shape index (κ3) is 2.80. The number of rotatable bonds is 4. The van der Waals surface area contributed by atoms with Crippen molar-refractivity contribution in [3.8, 4) is 0 Å². The van der Waals surface area contributed by atoms with Gasteiger partial charge in [-0.25, -0.2) is 4.98 Å². The van der Waals surface area contributed by atoms with E-state index in [0.717, 1.165) is 13.0 Å². The van der Waals surface area contributed by atoms with Crippen LogP contribution in [0.3, 0.4) is 0 Å². The molecule has 2 nitrogen and oxygen atoms in total. The third-order valence-corrected chi connectivity index (χ3v) is 3.63. The van der Waals surface area contributed by atoms with Crippen molar-refractivity contribution in [1.29, 1.82) is 0 Å². The van der Waals surface area contributed by atoms with Gasteiger partial charge in [0, 0.05) is 24.9 Å². The summed E-state index contributed by atoms with van der Waals surface area (Å²) < 4.78 is 2.22. The van der Waals surface area contributed by atoms with E-state index in [-0.39, 0.29) is 0 Å². The van der Waals surface area contributed by atoms with Gasteiger partial charge in [-0.3, -0.25) is 0 Å². The molecule has 0 bridgehead atoms. The van der Waals surface area contributed by atoms with E-state index in [1.165, 1.54) is 22.4 Å². The van der Waals surface area contributed by atoms with Crippen molar-refractivity contribution in [3.63, 3.8) is 0 Å². The normalized spacial score (nSPS) is 10.7. The molecule has 0 aliphatic rings. The number of aromatic nitrogens is 2. The van der Waals surface area contributed by atoms with E-state index >= 15 is 0 Å². The lowest BCUT2D eigenvalue weighted by atomic mass is 10.0. The first-order valence-electron chi connectivity index (χ1n) is 6.90. The minimum Gasteiger partial charge on any atom is -0.330 e. The molecule has 3 aromatic rings. The van der Waals surface area contributed by atoms with Crippen LogP contribution in [-0.2, 0) is 13.0 Å². The Balaban J connectivity index is 1.82. The van der Waals surface area contributed by atoms with Gasteiger partial charge < -0.3 is 4.57 Å². The summed E-state index contributed by atoms with van der Waals surface area (Å²) in [7, 11) is 0. The summed E-state index contributed by atoms with van der Waals surface area (Å²) in [5.41, 5.74) is 5.25. The Labute approximate surface area is 119 Å². The number of hydrogen-bond acceptors (Lipinski definition) is 1. The van der Waals surface area contributed by atoms with Gasteiger partial charge >= 0.3 is 0 Å². The Morgan fingerprint density at radius 3 is 2.50 bits per heavy atom.